The summed E-state index contributed by atoms with van der Waals surface area (Å²) in [5.74, 6) is 0. The van der Waals surface area contributed by atoms with Crippen LogP contribution in [0.2, 0.25) is 0 Å². The summed E-state index contributed by atoms with van der Waals surface area (Å²) < 4.78 is 0. The van der Waals surface area contributed by atoms with E-state index in [1.807, 2.05) is 0 Å². The van der Waals surface area contributed by atoms with E-state index in [4.69, 9.17) is 0 Å². The topological polar surface area (TPSA) is 52.6 Å². The van der Waals surface area contributed by atoms with Gasteiger partial charge in [0.25, 0.3) is 0 Å². The maximum atomic E-state index is 10.2. The molecule has 0 unspecified atom stereocenters. The molecule has 0 aliphatic carbocycles. The molecule has 0 aromatic carbocycles. The van der Waals surface area contributed by atoms with Gasteiger partial charge in [-0.2, -0.15) is 0 Å². The lowest BCUT2D eigenvalue weighted by Crippen LogP contribution is -2.23. The van der Waals surface area contributed by atoms with Crippen LogP contribution in [0, 0.1) is 5.21 Å². The van der Waals surface area contributed by atoms with Crippen LogP contribution in [0.1, 0.15) is 0 Å². The van der Waals surface area contributed by atoms with Crippen molar-refractivity contribution in [1.82, 2.24) is 5.34 Å². The van der Waals surface area contributed by atoms with Gasteiger partial charge in [0.2, 0.25) is 0 Å². The summed E-state index contributed by atoms with van der Waals surface area (Å²) in [6.45, 7) is 3.18. The van der Waals surface area contributed by atoms with Gasteiger partial charge in [0.05, 0.1) is 0 Å². The van der Waals surface area contributed by atoms with Crippen LogP contribution in [0.25, 0.3) is 5.43 Å². The zero-order chi connectivity index (χ0) is 6.57. The van der Waals surface area contributed by atoms with E-state index < -0.39 is 0 Å². The Labute approximate surface area is 47.6 Å². The van der Waals surface area contributed by atoms with E-state index in [0.29, 0.717) is 0 Å². The molecule has 0 saturated heterocycles. The lowest BCUT2D eigenvalue weighted by molar-refractivity contribution is -0.704. The molecular weight excluding hydrogens is 110 g/mol. The molecular formula is C3H8N3O2-. The molecule has 0 radical (unpaired) electrons. The van der Waals surface area contributed by atoms with E-state index in [2.05, 4.69) is 17.0 Å². The Morgan fingerprint density at radius 1 is 1.88 bits per heavy atom. The zero-order valence-electron chi connectivity index (χ0n) is 4.87. The van der Waals surface area contributed by atoms with Crippen molar-refractivity contribution in [3.05, 3.63) is 10.6 Å². The molecule has 0 fully saturated rings. The molecule has 5 nitrogen and oxygen atoms in total. The second-order valence-electron chi connectivity index (χ2n) is 0.993. The molecule has 5 heteroatoms. The predicted molar refractivity (Wildman–Crippen MR) is 28.9 cm³/mol. The zero-order valence-corrected chi connectivity index (χ0v) is 4.87. The van der Waals surface area contributed by atoms with Crippen LogP contribution in [0.15, 0.2) is 0 Å². The van der Waals surface area contributed by atoms with Crippen molar-refractivity contribution in [3.8, 4) is 0 Å². The quantitative estimate of drug-likeness (QED) is 0.295. The third-order valence-corrected chi connectivity index (χ3v) is 0.576. The summed E-state index contributed by atoms with van der Waals surface area (Å²) in [6, 6.07) is 0. The maximum absolute atomic E-state index is 10.2. The smallest absolute Gasteiger partial charge is 0.154 e. The number of hydrogen-bond donors (Lipinski definition) is 0. The van der Waals surface area contributed by atoms with Gasteiger partial charge in [-0.1, -0.05) is 0 Å². The van der Waals surface area contributed by atoms with Crippen molar-refractivity contribution < 1.29 is 9.63 Å². The molecule has 48 valence electrons. The normalized spacial score (nSPS) is 8.38. The van der Waals surface area contributed by atoms with Crippen molar-refractivity contribution >= 4 is 6.72 Å². The van der Waals surface area contributed by atoms with Crippen LogP contribution < -0.4 is 0 Å². The standard InChI is InChI=1S/C3H8N3O2/c1-4-5(2)6(7)8-3/h2H2,1,3H3/q-1. The van der Waals surface area contributed by atoms with Gasteiger partial charge in [-0.3, -0.25) is 0 Å². The Kier molecular flexibility index (Phi) is 2.90. The van der Waals surface area contributed by atoms with Crippen LogP contribution in [-0.4, -0.2) is 31.0 Å². The fraction of sp³-hybridized carbons (Fsp3) is 0.667. The fourth-order valence-electron chi connectivity index (χ4n) is 0.167. The lowest BCUT2D eigenvalue weighted by atomic mass is 11.4. The van der Waals surface area contributed by atoms with Gasteiger partial charge < -0.3 is 10.0 Å². The maximum Gasteiger partial charge on any atom is 0.154 e. The summed E-state index contributed by atoms with van der Waals surface area (Å²) >= 11 is 0. The van der Waals surface area contributed by atoms with Gasteiger partial charge in [-0.05, 0) is 7.05 Å². The van der Waals surface area contributed by atoms with Crippen molar-refractivity contribution in [3.63, 3.8) is 0 Å². The molecule has 0 amide bonds. The minimum atomic E-state index is 0.153. The lowest BCUT2D eigenvalue weighted by Gasteiger charge is -2.29. The van der Waals surface area contributed by atoms with E-state index >= 15 is 0 Å². The Bertz CT molecular complexity index is 84.6. The van der Waals surface area contributed by atoms with Crippen LogP contribution in [0.5, 0.6) is 0 Å². The van der Waals surface area contributed by atoms with Gasteiger partial charge in [0.1, 0.15) is 0 Å². The van der Waals surface area contributed by atoms with Crippen molar-refractivity contribution in [2.75, 3.05) is 14.2 Å². The Morgan fingerprint density at radius 3 is 2.50 bits per heavy atom. The van der Waals surface area contributed by atoms with E-state index in [0.717, 1.165) is 4.79 Å². The van der Waals surface area contributed by atoms with Gasteiger partial charge in [-0.25, -0.2) is 10.8 Å². The van der Waals surface area contributed by atoms with Crippen LogP contribution >= 0.6 is 0 Å². The number of hydrazone groups is 1. The van der Waals surface area contributed by atoms with E-state index in [1.165, 1.54) is 14.2 Å². The number of nitrogens with zero attached hydrogens (tertiary/aromatic N) is 3. The minimum Gasteiger partial charge on any atom is -0.789 e. The second-order valence-corrected chi connectivity index (χ2v) is 0.993. The average Bonchev–Trinajstić information content (AvgIpc) is 1.84. The first-order valence-corrected chi connectivity index (χ1v) is 1.94. The molecule has 0 spiro atoms. The van der Waals surface area contributed by atoms with E-state index in [9.17, 15) is 5.21 Å². The van der Waals surface area contributed by atoms with Gasteiger partial charge in [0, 0.05) is 7.11 Å². The van der Waals surface area contributed by atoms with E-state index in [-0.39, 0.29) is 5.34 Å². The molecule has 0 rings (SSSR count). The fourth-order valence-corrected chi connectivity index (χ4v) is 0.167. The summed E-state index contributed by atoms with van der Waals surface area (Å²) in [7, 11) is 2.66. The molecule has 0 aliphatic heterocycles. The summed E-state index contributed by atoms with van der Waals surface area (Å²) in [5, 5.41) is 10.4. The molecule has 0 aliphatic rings. The molecule has 0 aromatic rings. The Hall–Kier alpha value is -0.810. The predicted octanol–water partition coefficient (Wildman–Crippen LogP) is -0.106. The SMILES string of the molecule is C=[N+]([N-]C)N([O-])OC. The third kappa shape index (κ3) is 1.76. The monoisotopic (exact) mass is 118 g/mol. The third-order valence-electron chi connectivity index (χ3n) is 0.576. The summed E-state index contributed by atoms with van der Waals surface area (Å²) in [6.07, 6.45) is 0. The van der Waals surface area contributed by atoms with Crippen molar-refractivity contribution in [2.45, 2.75) is 0 Å². The highest BCUT2D eigenvalue weighted by Crippen LogP contribution is 1.87. The molecule has 8 heavy (non-hydrogen) atoms. The molecule has 0 aromatic heterocycles. The average molecular weight is 118 g/mol. The molecule has 0 atom stereocenters. The highest BCUT2D eigenvalue weighted by Gasteiger charge is 1.82. The largest absolute Gasteiger partial charge is 0.789 e. The van der Waals surface area contributed by atoms with Crippen molar-refractivity contribution in [1.29, 1.82) is 0 Å². The van der Waals surface area contributed by atoms with Gasteiger partial charge in [0.15, 0.2) is 6.72 Å². The Morgan fingerprint density at radius 2 is 2.38 bits per heavy atom. The van der Waals surface area contributed by atoms with Crippen molar-refractivity contribution in [2.24, 2.45) is 0 Å². The summed E-state index contributed by atoms with van der Waals surface area (Å²) in [4.78, 5) is 4.93. The first-order valence-electron chi connectivity index (χ1n) is 1.94. The van der Waals surface area contributed by atoms with Gasteiger partial charge >= 0.3 is 0 Å². The molecule has 0 heterocycles. The highest BCUT2D eigenvalue weighted by atomic mass is 16.9. The molecule has 0 bridgehead atoms. The summed E-state index contributed by atoms with van der Waals surface area (Å²) in [5.41, 5.74) is 3.37. The minimum absolute atomic E-state index is 0.153. The number of rotatable bonds is 3. The molecule has 0 N–H and O–H groups in total. The van der Waals surface area contributed by atoms with Crippen LogP contribution in [0.4, 0.5) is 0 Å². The number of hydrazine groups is 1. The van der Waals surface area contributed by atoms with E-state index in [1.54, 1.807) is 0 Å². The highest BCUT2D eigenvalue weighted by molar-refractivity contribution is 5.14. The second kappa shape index (κ2) is 3.23. The molecule has 0 saturated carbocycles. The number of hydrogen-bond acceptors (Lipinski definition) is 3. The van der Waals surface area contributed by atoms with Crippen LogP contribution in [0.3, 0.4) is 0 Å². The Balaban J connectivity index is 3.46. The van der Waals surface area contributed by atoms with Crippen LogP contribution in [-0.2, 0) is 4.84 Å². The first kappa shape index (κ1) is 7.19. The van der Waals surface area contributed by atoms with Gasteiger partial charge in [-0.15, -0.1) is 4.79 Å². The first-order chi connectivity index (χ1) is 3.72.